The van der Waals surface area contributed by atoms with Crippen LogP contribution in [0.2, 0.25) is 0 Å². The highest BCUT2D eigenvalue weighted by Gasteiger charge is 2.63. The minimum atomic E-state index is -0.559. The molecule has 3 unspecified atom stereocenters. The summed E-state index contributed by atoms with van der Waals surface area (Å²) < 4.78 is 28.6. The Labute approximate surface area is 169 Å². The van der Waals surface area contributed by atoms with E-state index in [9.17, 15) is 9.59 Å². The van der Waals surface area contributed by atoms with Gasteiger partial charge in [-0.1, -0.05) is 0 Å². The molecule has 0 spiro atoms. The van der Waals surface area contributed by atoms with Gasteiger partial charge in [-0.15, -0.1) is 0 Å². The van der Waals surface area contributed by atoms with E-state index in [0.717, 1.165) is 37.1 Å². The number of fused-ring (bicyclic) bond motifs is 2. The Hall–Kier alpha value is -2.48. The first-order valence-corrected chi connectivity index (χ1v) is 10.0. The normalized spacial score (nSPS) is 33.5. The predicted octanol–water partition coefficient (Wildman–Crippen LogP) is 1.91. The smallest absolute Gasteiger partial charge is 0.303 e. The van der Waals surface area contributed by atoms with E-state index in [-0.39, 0.29) is 24.8 Å². The number of rotatable bonds is 3. The van der Waals surface area contributed by atoms with Gasteiger partial charge in [-0.05, 0) is 37.4 Å². The molecule has 2 bridgehead atoms. The van der Waals surface area contributed by atoms with Crippen LogP contribution in [-0.4, -0.2) is 55.5 Å². The average Bonchev–Trinajstić information content (AvgIpc) is 3.24. The molecule has 8 heteroatoms. The Balaban J connectivity index is 1.71. The zero-order valence-corrected chi connectivity index (χ0v) is 16.9. The summed E-state index contributed by atoms with van der Waals surface area (Å²) >= 11 is 0. The van der Waals surface area contributed by atoms with Gasteiger partial charge in [0.2, 0.25) is 12.5 Å². The van der Waals surface area contributed by atoms with E-state index >= 15 is 0 Å². The Morgan fingerprint density at radius 1 is 1.17 bits per heavy atom. The van der Waals surface area contributed by atoms with Crippen molar-refractivity contribution < 1.29 is 33.3 Å². The molecule has 8 nitrogen and oxygen atoms in total. The molecule has 0 aromatic heterocycles. The van der Waals surface area contributed by atoms with Gasteiger partial charge in [0.1, 0.15) is 12.2 Å². The van der Waals surface area contributed by atoms with E-state index in [2.05, 4.69) is 4.90 Å². The highest BCUT2D eigenvalue weighted by Crippen LogP contribution is 2.59. The van der Waals surface area contributed by atoms with Gasteiger partial charge in [0.25, 0.3) is 0 Å². The maximum Gasteiger partial charge on any atom is 0.303 e. The molecule has 0 N–H and O–H groups in total. The van der Waals surface area contributed by atoms with E-state index in [1.165, 1.54) is 13.8 Å². The molecule has 1 saturated heterocycles. The van der Waals surface area contributed by atoms with Crippen molar-refractivity contribution in [1.29, 1.82) is 0 Å². The highest BCUT2D eigenvalue weighted by molar-refractivity contribution is 5.69. The van der Waals surface area contributed by atoms with Crippen LogP contribution in [0.25, 0.3) is 0 Å². The lowest BCUT2D eigenvalue weighted by molar-refractivity contribution is -0.180. The van der Waals surface area contributed by atoms with Gasteiger partial charge in [0, 0.05) is 32.0 Å². The van der Waals surface area contributed by atoms with Crippen molar-refractivity contribution in [3.8, 4) is 17.2 Å². The molecule has 1 aliphatic carbocycles. The number of hydrogen-bond donors (Lipinski definition) is 0. The van der Waals surface area contributed by atoms with Crippen molar-refractivity contribution >= 4 is 11.9 Å². The van der Waals surface area contributed by atoms with E-state index < -0.39 is 17.6 Å². The van der Waals surface area contributed by atoms with Crippen LogP contribution < -0.4 is 14.2 Å². The summed E-state index contributed by atoms with van der Waals surface area (Å²) in [4.78, 5) is 26.3. The molecule has 1 saturated carbocycles. The van der Waals surface area contributed by atoms with Crippen LogP contribution in [-0.2, 0) is 31.0 Å². The number of hydrogen-bond acceptors (Lipinski definition) is 8. The Bertz CT molecular complexity index is 884. The topological polar surface area (TPSA) is 83.5 Å². The maximum atomic E-state index is 12.1. The summed E-state index contributed by atoms with van der Waals surface area (Å²) in [5.41, 5.74) is 1.61. The number of esters is 2. The molecule has 29 heavy (non-hydrogen) atoms. The van der Waals surface area contributed by atoms with Crippen LogP contribution in [0.15, 0.2) is 6.07 Å². The second kappa shape index (κ2) is 6.52. The molecule has 156 valence electrons. The molecule has 5 atom stereocenters. The predicted molar refractivity (Wildman–Crippen MR) is 100.0 cm³/mol. The quantitative estimate of drug-likeness (QED) is 0.708. The van der Waals surface area contributed by atoms with Crippen molar-refractivity contribution in [3.05, 3.63) is 17.2 Å². The third-order valence-electron chi connectivity index (χ3n) is 6.82. The first-order chi connectivity index (χ1) is 14.0. The van der Waals surface area contributed by atoms with Crippen molar-refractivity contribution in [1.82, 2.24) is 4.90 Å². The third-order valence-corrected chi connectivity index (χ3v) is 6.82. The fraction of sp³-hybridized carbons (Fsp3) is 0.619. The summed E-state index contributed by atoms with van der Waals surface area (Å²) in [5.74, 6) is 1.20. The number of nitrogens with zero attached hydrogens (tertiary/aromatic N) is 1. The Morgan fingerprint density at radius 2 is 1.97 bits per heavy atom. The zero-order valence-electron chi connectivity index (χ0n) is 16.9. The van der Waals surface area contributed by atoms with Crippen molar-refractivity contribution in [2.45, 2.75) is 63.3 Å². The first kappa shape index (κ1) is 18.5. The number of methoxy groups -OCH3 is 1. The molecule has 0 amide bonds. The summed E-state index contributed by atoms with van der Waals surface area (Å²) in [7, 11) is 1.63. The molecule has 3 heterocycles. The molecular formula is C21H25NO7. The minimum absolute atomic E-state index is 0.151. The number of benzene rings is 1. The summed E-state index contributed by atoms with van der Waals surface area (Å²) in [5, 5.41) is 0. The van der Waals surface area contributed by atoms with Gasteiger partial charge in [-0.25, -0.2) is 0 Å². The summed E-state index contributed by atoms with van der Waals surface area (Å²) in [6.45, 7) is 4.57. The van der Waals surface area contributed by atoms with Crippen LogP contribution in [0.3, 0.4) is 0 Å². The molecule has 1 aromatic carbocycles. The summed E-state index contributed by atoms with van der Waals surface area (Å²) in [6, 6.07) is 2.22. The lowest BCUT2D eigenvalue weighted by atomic mass is 9.60. The monoisotopic (exact) mass is 403 g/mol. The molecule has 4 aliphatic rings. The van der Waals surface area contributed by atoms with Crippen molar-refractivity contribution in [2.75, 3.05) is 20.4 Å². The van der Waals surface area contributed by atoms with Crippen LogP contribution in [0, 0.1) is 0 Å². The fourth-order valence-electron chi connectivity index (χ4n) is 5.95. The van der Waals surface area contributed by atoms with E-state index in [1.807, 2.05) is 6.07 Å². The first-order valence-electron chi connectivity index (χ1n) is 10.0. The third kappa shape index (κ3) is 2.54. The lowest BCUT2D eigenvalue weighted by Crippen LogP contribution is -2.62. The van der Waals surface area contributed by atoms with Crippen LogP contribution in [0.4, 0.5) is 0 Å². The van der Waals surface area contributed by atoms with Crippen LogP contribution in [0.5, 0.6) is 17.2 Å². The van der Waals surface area contributed by atoms with Crippen LogP contribution in [0.1, 0.15) is 44.2 Å². The average molecular weight is 403 g/mol. The lowest BCUT2D eigenvalue weighted by Gasteiger charge is -2.52. The molecular weight excluding hydrogens is 378 g/mol. The number of ether oxygens (including phenoxy) is 5. The molecule has 0 radical (unpaired) electrons. The molecule has 3 aliphatic heterocycles. The largest absolute Gasteiger partial charge is 0.492 e. The highest BCUT2D eigenvalue weighted by atomic mass is 16.7. The molecule has 5 rings (SSSR count). The SMILES string of the molecule is COc1c2c(cc3c1OCO3)[C@@]13CCN(C2)[C@@H]1CCC(OC(C)=O)C3OC(C)=O. The maximum absolute atomic E-state index is 12.1. The van der Waals surface area contributed by atoms with Gasteiger partial charge in [-0.3, -0.25) is 14.5 Å². The van der Waals surface area contributed by atoms with Crippen LogP contribution >= 0.6 is 0 Å². The Morgan fingerprint density at radius 3 is 2.69 bits per heavy atom. The standard InChI is InChI=1S/C21H25NO7/c1-11(23)28-15-4-5-17-21(20(15)29-12(2)24)6-7-22(17)9-13-14(21)8-16-19(18(13)25-3)27-10-26-16/h8,15,17,20H,4-7,9-10H2,1-3H3/t15?,17-,20?,21+/m1/s1. The summed E-state index contributed by atoms with van der Waals surface area (Å²) in [6.07, 6.45) is 1.30. The van der Waals surface area contributed by atoms with E-state index in [0.29, 0.717) is 23.7 Å². The number of carbonyl (C=O) groups excluding carboxylic acids is 2. The zero-order chi connectivity index (χ0) is 20.3. The van der Waals surface area contributed by atoms with Crippen molar-refractivity contribution in [2.24, 2.45) is 0 Å². The van der Waals surface area contributed by atoms with Crippen molar-refractivity contribution in [3.63, 3.8) is 0 Å². The molecule has 1 aromatic rings. The fourth-order valence-corrected chi connectivity index (χ4v) is 5.95. The van der Waals surface area contributed by atoms with Gasteiger partial charge in [0.05, 0.1) is 12.5 Å². The van der Waals surface area contributed by atoms with E-state index in [1.54, 1.807) is 7.11 Å². The second-order valence-corrected chi connectivity index (χ2v) is 8.20. The minimum Gasteiger partial charge on any atom is -0.492 e. The molecule has 2 fully saturated rings. The Kier molecular flexibility index (Phi) is 4.17. The second-order valence-electron chi connectivity index (χ2n) is 8.20. The number of carbonyl (C=O) groups is 2. The van der Waals surface area contributed by atoms with Gasteiger partial charge in [-0.2, -0.15) is 0 Å². The van der Waals surface area contributed by atoms with Gasteiger partial charge in [0.15, 0.2) is 11.5 Å². The van der Waals surface area contributed by atoms with E-state index in [4.69, 9.17) is 23.7 Å². The van der Waals surface area contributed by atoms with Gasteiger partial charge >= 0.3 is 11.9 Å². The van der Waals surface area contributed by atoms with Gasteiger partial charge < -0.3 is 23.7 Å².